The van der Waals surface area contributed by atoms with E-state index in [4.69, 9.17) is 13.8 Å². The lowest BCUT2D eigenvalue weighted by molar-refractivity contribution is -0.870. The quantitative estimate of drug-likeness (QED) is 0.0205. The lowest BCUT2D eigenvalue weighted by Crippen LogP contribution is -2.47. The van der Waals surface area contributed by atoms with Crippen molar-refractivity contribution in [3.63, 3.8) is 0 Å². The molecule has 0 aliphatic rings. The lowest BCUT2D eigenvalue weighted by Gasteiger charge is -2.27. The third kappa shape index (κ3) is 64.0. The zero-order valence-corrected chi connectivity index (χ0v) is 56.6. The summed E-state index contributed by atoms with van der Waals surface area (Å²) in [5, 5.41) is 3.06. The molecule has 0 saturated heterocycles. The number of esters is 1. The average Bonchev–Trinajstić information content (AvgIpc) is 3.52. The van der Waals surface area contributed by atoms with Gasteiger partial charge in [-0.25, -0.2) is 4.57 Å². The van der Waals surface area contributed by atoms with Crippen LogP contribution in [0, 0.1) is 0 Å². The Kier molecular flexibility index (Phi) is 61.0. The number of nitrogens with one attached hydrogen (secondary N) is 1. The van der Waals surface area contributed by atoms with Crippen molar-refractivity contribution in [1.29, 1.82) is 0 Å². The van der Waals surface area contributed by atoms with E-state index in [0.29, 0.717) is 23.9 Å². The normalized spacial score (nSPS) is 13.9. The summed E-state index contributed by atoms with van der Waals surface area (Å²) in [4.78, 5) is 37.8. The minimum Gasteiger partial charge on any atom is -0.456 e. The molecule has 9 nitrogen and oxygen atoms in total. The Labute approximate surface area is 515 Å². The van der Waals surface area contributed by atoms with Crippen LogP contribution in [-0.4, -0.2) is 74.3 Å². The largest absolute Gasteiger partial charge is 0.472 e. The molecular weight excluding hydrogens is 1050 g/mol. The fourth-order valence-electron chi connectivity index (χ4n) is 10.4. The van der Waals surface area contributed by atoms with E-state index in [2.05, 4.69) is 74.7 Å². The smallest absolute Gasteiger partial charge is 0.456 e. The van der Waals surface area contributed by atoms with Gasteiger partial charge in [-0.15, -0.1) is 0 Å². The zero-order chi connectivity index (χ0) is 60.7. The van der Waals surface area contributed by atoms with Gasteiger partial charge in [-0.05, 0) is 96.0 Å². The summed E-state index contributed by atoms with van der Waals surface area (Å²) >= 11 is 0. The van der Waals surface area contributed by atoms with Crippen molar-refractivity contribution in [2.75, 3.05) is 40.9 Å². The van der Waals surface area contributed by atoms with E-state index in [1.165, 1.54) is 225 Å². The highest BCUT2D eigenvalue weighted by Crippen LogP contribution is 2.43. The average molecular weight is 1190 g/mol. The van der Waals surface area contributed by atoms with E-state index >= 15 is 0 Å². The van der Waals surface area contributed by atoms with Crippen molar-refractivity contribution in [3.8, 4) is 0 Å². The summed E-state index contributed by atoms with van der Waals surface area (Å²) in [5.41, 5.74) is 0. The number of amides is 1. The van der Waals surface area contributed by atoms with Crippen LogP contribution in [0.1, 0.15) is 342 Å². The monoisotopic (exact) mass is 1190 g/mol. The molecule has 0 heterocycles. The van der Waals surface area contributed by atoms with Gasteiger partial charge in [0.25, 0.3) is 0 Å². The highest BCUT2D eigenvalue weighted by Gasteiger charge is 2.30. The third-order valence-corrected chi connectivity index (χ3v) is 16.9. The van der Waals surface area contributed by atoms with Crippen molar-refractivity contribution < 1.29 is 37.3 Å². The molecule has 0 aromatic heterocycles. The molecule has 1 amide bonds. The van der Waals surface area contributed by atoms with Gasteiger partial charge in [0.05, 0.1) is 33.8 Å². The number of carbonyl (C=O) groups excluding carboxylic acids is 2. The molecule has 0 rings (SSSR count). The van der Waals surface area contributed by atoms with E-state index in [1.54, 1.807) is 0 Å². The summed E-state index contributed by atoms with van der Waals surface area (Å²) in [6.45, 7) is 7.00. The third-order valence-electron chi connectivity index (χ3n) is 15.9. The minimum atomic E-state index is -4.46. The van der Waals surface area contributed by atoms with Crippen LogP contribution in [0.4, 0.5) is 0 Å². The van der Waals surface area contributed by atoms with Gasteiger partial charge < -0.3 is 19.4 Å². The summed E-state index contributed by atoms with van der Waals surface area (Å²) in [7, 11) is 1.49. The van der Waals surface area contributed by atoms with Crippen molar-refractivity contribution in [2.45, 2.75) is 354 Å². The molecule has 0 aliphatic heterocycles. The van der Waals surface area contributed by atoms with Crippen LogP contribution >= 0.6 is 7.82 Å². The molecule has 3 unspecified atom stereocenters. The van der Waals surface area contributed by atoms with Gasteiger partial charge in [0.15, 0.2) is 0 Å². The molecule has 0 bridgehead atoms. The predicted molar refractivity (Wildman–Crippen MR) is 360 cm³/mol. The van der Waals surface area contributed by atoms with Crippen LogP contribution in [0.25, 0.3) is 0 Å². The Hall–Kier alpha value is -2.29. The highest BCUT2D eigenvalue weighted by molar-refractivity contribution is 7.47. The van der Waals surface area contributed by atoms with Crippen molar-refractivity contribution in [2.24, 2.45) is 0 Å². The van der Waals surface area contributed by atoms with Gasteiger partial charge in [-0.1, -0.05) is 294 Å². The topological polar surface area (TPSA) is 111 Å². The summed E-state index contributed by atoms with van der Waals surface area (Å²) < 4.78 is 30.8. The Balaban J connectivity index is 4.98. The summed E-state index contributed by atoms with van der Waals surface area (Å²) in [6, 6.07) is -0.856. The molecule has 0 radical (unpaired) electrons. The van der Waals surface area contributed by atoms with Gasteiger partial charge in [0, 0.05) is 12.8 Å². The molecule has 0 saturated carbocycles. The highest BCUT2D eigenvalue weighted by atomic mass is 31.2. The van der Waals surface area contributed by atoms with Crippen molar-refractivity contribution in [3.05, 3.63) is 60.8 Å². The van der Waals surface area contributed by atoms with Gasteiger partial charge in [-0.2, -0.15) is 0 Å². The van der Waals surface area contributed by atoms with E-state index < -0.39 is 20.0 Å². The maximum atomic E-state index is 13.6. The Morgan fingerprint density at radius 1 is 0.422 bits per heavy atom. The second kappa shape index (κ2) is 62.8. The molecule has 83 heavy (non-hydrogen) atoms. The number of phosphoric ester groups is 1. The number of ether oxygens (including phenoxy) is 1. The van der Waals surface area contributed by atoms with Gasteiger partial charge >= 0.3 is 13.8 Å². The Bertz CT molecular complexity index is 1600. The maximum absolute atomic E-state index is 13.6. The van der Waals surface area contributed by atoms with Crippen LogP contribution in [-0.2, 0) is 27.9 Å². The van der Waals surface area contributed by atoms with E-state index in [1.807, 2.05) is 33.3 Å². The number of unbranched alkanes of at least 4 members (excludes halogenated alkanes) is 41. The van der Waals surface area contributed by atoms with Gasteiger partial charge in [-0.3, -0.25) is 18.6 Å². The molecule has 0 aromatic rings. The number of carbonyl (C=O) groups is 2. The molecular formula is C73H138N2O7P+. The molecule has 0 aromatic carbocycles. The number of allylic oxidation sites excluding steroid dienone is 9. The van der Waals surface area contributed by atoms with Crippen LogP contribution in [0.2, 0.25) is 0 Å². The number of hydrogen-bond acceptors (Lipinski definition) is 6. The zero-order valence-electron chi connectivity index (χ0n) is 55.7. The number of phosphoric acid groups is 1. The van der Waals surface area contributed by atoms with Crippen LogP contribution < -0.4 is 5.32 Å². The van der Waals surface area contributed by atoms with Gasteiger partial charge in [0.2, 0.25) is 5.91 Å². The number of likely N-dealkylation sites (N-methyl/N-ethyl adjacent to an activating group) is 1. The van der Waals surface area contributed by atoms with Crippen LogP contribution in [0.15, 0.2) is 60.8 Å². The fourth-order valence-corrected chi connectivity index (χ4v) is 11.2. The Morgan fingerprint density at radius 3 is 1.13 bits per heavy atom. The van der Waals surface area contributed by atoms with Crippen molar-refractivity contribution in [1.82, 2.24) is 5.32 Å². The molecule has 0 fully saturated rings. The molecule has 10 heteroatoms. The molecule has 3 atom stereocenters. The van der Waals surface area contributed by atoms with Crippen LogP contribution in [0.3, 0.4) is 0 Å². The molecule has 486 valence electrons. The van der Waals surface area contributed by atoms with Crippen LogP contribution in [0.5, 0.6) is 0 Å². The standard InChI is InChI=1S/C73H137N2O7P/c1-7-10-13-16-19-22-25-27-29-31-33-34-35-36-37-38-39-40-42-44-46-48-51-54-57-60-63-66-73(77)82-71(64-61-58-55-52-49-24-21-18-15-12-9-3)70(69-81-83(78,79)80-68-67-75(4,5)6)74-72(76)65-62-59-56-53-50-47-45-43-41-32-30-28-26-23-20-17-14-11-8-2/h20,23,27-30,41,43,61,64,70-71H,7-19,21-22,24-26,31-40,42,44-60,62-63,65-69H2,1-6H3,(H-,74,76,78,79)/p+1/b23-20-,29-27+,30-28-,43-41-,64-61-. The Morgan fingerprint density at radius 2 is 0.735 bits per heavy atom. The van der Waals surface area contributed by atoms with E-state index in [-0.39, 0.29) is 25.1 Å². The number of quaternary nitrogens is 1. The summed E-state index contributed by atoms with van der Waals surface area (Å²) in [6.07, 6.45) is 81.0. The first-order chi connectivity index (χ1) is 40.4. The van der Waals surface area contributed by atoms with Gasteiger partial charge in [0.1, 0.15) is 19.3 Å². The maximum Gasteiger partial charge on any atom is 0.472 e. The molecule has 0 aliphatic carbocycles. The number of rotatable bonds is 65. The first kappa shape index (κ1) is 80.7. The second-order valence-corrected chi connectivity index (χ2v) is 26.9. The van der Waals surface area contributed by atoms with Crippen molar-refractivity contribution >= 4 is 19.7 Å². The van der Waals surface area contributed by atoms with E-state index in [9.17, 15) is 19.0 Å². The molecule has 2 N–H and O–H groups in total. The number of nitrogens with zero attached hydrogens (tertiary/aromatic N) is 1. The number of hydrogen-bond donors (Lipinski definition) is 2. The molecule has 0 spiro atoms. The predicted octanol–water partition coefficient (Wildman–Crippen LogP) is 22.6. The second-order valence-electron chi connectivity index (χ2n) is 25.4. The summed E-state index contributed by atoms with van der Waals surface area (Å²) in [5.74, 6) is -0.508. The minimum absolute atomic E-state index is 0.0374. The van der Waals surface area contributed by atoms with E-state index in [0.717, 1.165) is 83.5 Å². The fraction of sp³-hybridized carbons (Fsp3) is 0.836. The SMILES string of the molecule is CCCCC/C=C\C/C=C\C/C=C\CCCCCCCCC(=O)NC(COP(=O)(O)OCC[N+](C)(C)C)C(/C=C\CCCCCCCCCCC)OC(=O)CCCCCCCCCCCCCCCCCCC/C=C/CCCCCCCC. The lowest BCUT2D eigenvalue weighted by atomic mass is 10.0. The first-order valence-electron chi connectivity index (χ1n) is 35.6. The first-order valence-corrected chi connectivity index (χ1v) is 37.1.